The normalized spacial score (nSPS) is 12.1. The molecule has 0 fully saturated rings. The minimum Gasteiger partial charge on any atom is -0.489 e. The number of nitrogens with two attached hydrogens (primary N) is 1. The molecule has 0 aliphatic carbocycles. The molecule has 0 spiro atoms. The molecule has 0 heterocycles. The van der Waals surface area contributed by atoms with Crippen LogP contribution in [0.1, 0.15) is 32.8 Å². The van der Waals surface area contributed by atoms with Crippen LogP contribution in [0.4, 0.5) is 18.9 Å². The smallest absolute Gasteiger partial charge is 0.489 e. The quantitative estimate of drug-likeness (QED) is 0.307. The zero-order chi connectivity index (χ0) is 23.6. The van der Waals surface area contributed by atoms with Crippen LogP contribution in [0.2, 0.25) is 0 Å². The van der Waals surface area contributed by atoms with Crippen molar-refractivity contribution < 1.29 is 22.6 Å². The summed E-state index contributed by atoms with van der Waals surface area (Å²) in [5.74, 6) is 1.17. The fraction of sp³-hybridized carbons (Fsp3) is 0.435. The van der Waals surface area contributed by atoms with E-state index in [1.807, 2.05) is 24.3 Å². The number of halogens is 3. The van der Waals surface area contributed by atoms with Crippen molar-refractivity contribution in [3.63, 3.8) is 0 Å². The van der Waals surface area contributed by atoms with Crippen LogP contribution >= 0.6 is 0 Å². The Balaban J connectivity index is 2.01. The predicted molar refractivity (Wildman–Crippen MR) is 120 cm³/mol. The molecule has 0 radical (unpaired) electrons. The van der Waals surface area contributed by atoms with E-state index in [1.165, 1.54) is 24.3 Å². The third-order valence-corrected chi connectivity index (χ3v) is 4.53. The van der Waals surface area contributed by atoms with Crippen molar-refractivity contribution >= 4 is 11.6 Å². The summed E-state index contributed by atoms with van der Waals surface area (Å²) in [4.78, 5) is 6.92. The van der Waals surface area contributed by atoms with E-state index in [0.29, 0.717) is 18.3 Å². The summed E-state index contributed by atoms with van der Waals surface area (Å²) in [6, 6.07) is 13.2. The first-order chi connectivity index (χ1) is 15.2. The molecule has 6 nitrogen and oxygen atoms in total. The summed E-state index contributed by atoms with van der Waals surface area (Å²) in [6.07, 6.45) is -3.85. The second-order valence-electron chi connectivity index (χ2n) is 7.36. The van der Waals surface area contributed by atoms with E-state index in [0.717, 1.165) is 36.7 Å². The second-order valence-corrected chi connectivity index (χ2v) is 7.36. The Morgan fingerprint density at radius 1 is 1.06 bits per heavy atom. The molecule has 2 rings (SSSR count). The second kappa shape index (κ2) is 12.2. The van der Waals surface area contributed by atoms with Crippen molar-refractivity contribution in [3.05, 3.63) is 54.1 Å². The third kappa shape index (κ3) is 8.66. The predicted octanol–water partition coefficient (Wildman–Crippen LogP) is 4.82. The summed E-state index contributed by atoms with van der Waals surface area (Å²) in [5.41, 5.74) is 7.10. The van der Waals surface area contributed by atoms with Gasteiger partial charge < -0.3 is 25.4 Å². The number of guanidine groups is 1. The Hall–Kier alpha value is -2.94. The van der Waals surface area contributed by atoms with Gasteiger partial charge in [-0.05, 0) is 75.7 Å². The number of alkyl halides is 3. The standard InChI is InChI=1S/C23H31F3N4O2/c1-4-30(17(2)3)22(28-15-5-14-27)29-19-8-12-20(13-9-19)31-16-18-6-10-21(11-7-18)32-23(24,25)26/h6-13,17H,4-5,14-16,27H2,1-3H3,(H,28,29). The van der Waals surface area contributed by atoms with Gasteiger partial charge >= 0.3 is 6.36 Å². The largest absolute Gasteiger partial charge is 0.573 e. The molecular weight excluding hydrogens is 421 g/mol. The molecule has 0 amide bonds. The number of hydrogen-bond donors (Lipinski definition) is 2. The molecule has 9 heteroatoms. The molecule has 0 bridgehead atoms. The molecule has 3 N–H and O–H groups in total. The summed E-state index contributed by atoms with van der Waals surface area (Å²) in [7, 11) is 0. The molecular formula is C23H31F3N4O2. The maximum absolute atomic E-state index is 12.2. The van der Waals surface area contributed by atoms with E-state index >= 15 is 0 Å². The lowest BCUT2D eigenvalue weighted by molar-refractivity contribution is -0.274. The number of ether oxygens (including phenoxy) is 2. The number of aliphatic imine (C=N–C) groups is 1. The molecule has 0 saturated heterocycles. The first-order valence-corrected chi connectivity index (χ1v) is 10.6. The molecule has 0 aromatic heterocycles. The van der Waals surface area contributed by atoms with Gasteiger partial charge in [0.1, 0.15) is 18.1 Å². The molecule has 176 valence electrons. The molecule has 0 unspecified atom stereocenters. The minimum atomic E-state index is -4.70. The molecule has 32 heavy (non-hydrogen) atoms. The topological polar surface area (TPSA) is 72.1 Å². The van der Waals surface area contributed by atoms with Gasteiger partial charge in [0.15, 0.2) is 5.96 Å². The average Bonchev–Trinajstić information content (AvgIpc) is 2.73. The number of benzene rings is 2. The van der Waals surface area contributed by atoms with Gasteiger partial charge in [-0.3, -0.25) is 0 Å². The van der Waals surface area contributed by atoms with Gasteiger partial charge in [-0.25, -0.2) is 4.99 Å². The van der Waals surface area contributed by atoms with Crippen LogP contribution in [0.25, 0.3) is 0 Å². The Bertz CT molecular complexity index is 838. The zero-order valence-electron chi connectivity index (χ0n) is 18.7. The molecule has 2 aromatic rings. The molecule has 0 atom stereocenters. The highest BCUT2D eigenvalue weighted by Crippen LogP contribution is 2.24. The highest BCUT2D eigenvalue weighted by atomic mass is 19.4. The first-order valence-electron chi connectivity index (χ1n) is 10.6. The summed E-state index contributed by atoms with van der Waals surface area (Å²) < 4.78 is 46.3. The van der Waals surface area contributed by atoms with Crippen molar-refractivity contribution in [1.29, 1.82) is 0 Å². The average molecular weight is 453 g/mol. The highest BCUT2D eigenvalue weighted by molar-refractivity contribution is 5.83. The van der Waals surface area contributed by atoms with Gasteiger partial charge in [0.25, 0.3) is 0 Å². The number of hydrogen-bond acceptors (Lipinski definition) is 4. The van der Waals surface area contributed by atoms with Gasteiger partial charge in [0.2, 0.25) is 0 Å². The Kier molecular flexibility index (Phi) is 9.64. The Morgan fingerprint density at radius 2 is 1.69 bits per heavy atom. The van der Waals surface area contributed by atoms with Crippen molar-refractivity contribution in [2.24, 2.45) is 10.7 Å². The van der Waals surface area contributed by atoms with Crippen molar-refractivity contribution in [2.75, 3.05) is 19.6 Å². The Labute approximate surface area is 187 Å². The lowest BCUT2D eigenvalue weighted by Gasteiger charge is -2.29. The summed E-state index contributed by atoms with van der Waals surface area (Å²) >= 11 is 0. The highest BCUT2D eigenvalue weighted by Gasteiger charge is 2.30. The van der Waals surface area contributed by atoms with Crippen molar-refractivity contribution in [2.45, 2.75) is 46.2 Å². The van der Waals surface area contributed by atoms with Crippen LogP contribution in [0.5, 0.6) is 11.5 Å². The van der Waals surface area contributed by atoms with Crippen LogP contribution < -0.4 is 20.5 Å². The maximum Gasteiger partial charge on any atom is 0.573 e. The molecule has 0 aliphatic heterocycles. The van der Waals surface area contributed by atoms with Gasteiger partial charge in [-0.15, -0.1) is 13.2 Å². The fourth-order valence-corrected chi connectivity index (χ4v) is 2.96. The van der Waals surface area contributed by atoms with Gasteiger partial charge in [0.05, 0.1) is 5.69 Å². The van der Waals surface area contributed by atoms with Gasteiger partial charge in [-0.2, -0.15) is 0 Å². The summed E-state index contributed by atoms with van der Waals surface area (Å²) in [6.45, 7) is 8.70. The Morgan fingerprint density at radius 3 is 2.22 bits per heavy atom. The van der Waals surface area contributed by atoms with E-state index in [2.05, 4.69) is 35.7 Å². The van der Waals surface area contributed by atoms with Crippen molar-refractivity contribution in [3.8, 4) is 11.5 Å². The molecule has 0 aliphatic rings. The van der Waals surface area contributed by atoms with Crippen LogP contribution in [0, 0.1) is 0 Å². The number of nitrogens with one attached hydrogen (secondary N) is 1. The third-order valence-electron chi connectivity index (χ3n) is 4.53. The van der Waals surface area contributed by atoms with Crippen LogP contribution in [-0.2, 0) is 6.61 Å². The number of rotatable bonds is 10. The van der Waals surface area contributed by atoms with E-state index in [-0.39, 0.29) is 12.4 Å². The molecule has 0 saturated carbocycles. The SMILES string of the molecule is CCN(/C(=N\c1ccc(OCc2ccc(OC(F)(F)F)cc2)cc1)NCCCN)C(C)C. The summed E-state index contributed by atoms with van der Waals surface area (Å²) in [5, 5.41) is 3.37. The van der Waals surface area contributed by atoms with E-state index in [1.54, 1.807) is 0 Å². The van der Waals surface area contributed by atoms with Crippen LogP contribution in [0.15, 0.2) is 53.5 Å². The lowest BCUT2D eigenvalue weighted by atomic mass is 10.2. The first kappa shape index (κ1) is 25.3. The van der Waals surface area contributed by atoms with Crippen LogP contribution in [0.3, 0.4) is 0 Å². The molecule has 2 aromatic carbocycles. The van der Waals surface area contributed by atoms with Crippen LogP contribution in [-0.4, -0.2) is 42.9 Å². The monoisotopic (exact) mass is 452 g/mol. The van der Waals surface area contributed by atoms with Crippen molar-refractivity contribution in [1.82, 2.24) is 10.2 Å². The van der Waals surface area contributed by atoms with Gasteiger partial charge in [0, 0.05) is 19.1 Å². The maximum atomic E-state index is 12.2. The van der Waals surface area contributed by atoms with E-state index in [4.69, 9.17) is 15.5 Å². The van der Waals surface area contributed by atoms with E-state index in [9.17, 15) is 13.2 Å². The lowest BCUT2D eigenvalue weighted by Crippen LogP contribution is -2.45. The fourth-order valence-electron chi connectivity index (χ4n) is 2.96. The van der Waals surface area contributed by atoms with E-state index < -0.39 is 6.36 Å². The zero-order valence-corrected chi connectivity index (χ0v) is 18.7. The number of nitrogens with zero attached hydrogens (tertiary/aromatic N) is 2. The van der Waals surface area contributed by atoms with Gasteiger partial charge in [-0.1, -0.05) is 12.1 Å². The minimum absolute atomic E-state index is 0.220.